The molecule has 0 saturated carbocycles. The Kier molecular flexibility index (Phi) is 4.58. The van der Waals surface area contributed by atoms with Crippen molar-refractivity contribution in [1.29, 1.82) is 0 Å². The Morgan fingerprint density at radius 2 is 2.26 bits per heavy atom. The lowest BCUT2D eigenvalue weighted by Crippen LogP contribution is -2.42. The molecule has 106 valence electrons. The van der Waals surface area contributed by atoms with Crippen molar-refractivity contribution in [1.82, 2.24) is 9.97 Å². The van der Waals surface area contributed by atoms with Crippen molar-refractivity contribution in [2.24, 2.45) is 0 Å². The van der Waals surface area contributed by atoms with Gasteiger partial charge in [-0.15, -0.1) is 0 Å². The average Bonchev–Trinajstić information content (AvgIpc) is 2.46. The smallest absolute Gasteiger partial charge is 0.135 e. The fourth-order valence-electron chi connectivity index (χ4n) is 2.18. The van der Waals surface area contributed by atoms with Crippen LogP contribution in [0.4, 0.5) is 11.6 Å². The van der Waals surface area contributed by atoms with Crippen molar-refractivity contribution in [3.63, 3.8) is 0 Å². The van der Waals surface area contributed by atoms with E-state index in [9.17, 15) is 0 Å². The maximum Gasteiger partial charge on any atom is 0.135 e. The first-order valence-electron chi connectivity index (χ1n) is 7.07. The zero-order chi connectivity index (χ0) is 13.8. The summed E-state index contributed by atoms with van der Waals surface area (Å²) in [7, 11) is 1.89. The molecule has 1 aromatic heterocycles. The van der Waals surface area contributed by atoms with Crippen LogP contribution in [0.3, 0.4) is 0 Å². The molecule has 1 unspecified atom stereocenters. The van der Waals surface area contributed by atoms with Crippen molar-refractivity contribution in [3.8, 4) is 0 Å². The Morgan fingerprint density at radius 3 is 2.89 bits per heavy atom. The van der Waals surface area contributed by atoms with Gasteiger partial charge in [0, 0.05) is 32.1 Å². The molecule has 1 aliphatic heterocycles. The van der Waals surface area contributed by atoms with Gasteiger partial charge in [-0.05, 0) is 6.42 Å². The second-order valence-electron chi connectivity index (χ2n) is 5.22. The first-order chi connectivity index (χ1) is 9.13. The number of hydrogen-bond donors (Lipinski definition) is 1. The van der Waals surface area contributed by atoms with E-state index in [0.717, 1.165) is 43.6 Å². The van der Waals surface area contributed by atoms with Crippen LogP contribution in [0.1, 0.15) is 38.9 Å². The Morgan fingerprint density at radius 1 is 1.47 bits per heavy atom. The van der Waals surface area contributed by atoms with Gasteiger partial charge in [0.25, 0.3) is 0 Å². The van der Waals surface area contributed by atoms with E-state index in [-0.39, 0.29) is 0 Å². The van der Waals surface area contributed by atoms with Gasteiger partial charge in [0.2, 0.25) is 0 Å². The molecule has 1 saturated heterocycles. The van der Waals surface area contributed by atoms with Gasteiger partial charge in [-0.3, -0.25) is 0 Å². The fourth-order valence-corrected chi connectivity index (χ4v) is 2.18. The summed E-state index contributed by atoms with van der Waals surface area (Å²) in [5.41, 5.74) is 0. The molecule has 2 rings (SSSR count). The maximum absolute atomic E-state index is 5.71. The Labute approximate surface area is 115 Å². The molecule has 0 radical (unpaired) electrons. The predicted octanol–water partition coefficient (Wildman–Crippen LogP) is 2.26. The van der Waals surface area contributed by atoms with Crippen LogP contribution in [0, 0.1) is 0 Å². The van der Waals surface area contributed by atoms with Crippen LogP contribution in [0.5, 0.6) is 0 Å². The van der Waals surface area contributed by atoms with E-state index < -0.39 is 0 Å². The number of nitrogens with zero attached hydrogens (tertiary/aromatic N) is 3. The van der Waals surface area contributed by atoms with Gasteiger partial charge < -0.3 is 15.0 Å². The molecule has 0 amide bonds. The highest BCUT2D eigenvalue weighted by Crippen LogP contribution is 2.22. The summed E-state index contributed by atoms with van der Waals surface area (Å²) in [6, 6.07) is 2.02. The Hall–Kier alpha value is -1.36. The summed E-state index contributed by atoms with van der Waals surface area (Å²) in [5, 5.41) is 3.12. The van der Waals surface area contributed by atoms with Crippen LogP contribution >= 0.6 is 0 Å². The quantitative estimate of drug-likeness (QED) is 0.904. The average molecular weight is 264 g/mol. The molecule has 1 N–H and O–H groups in total. The van der Waals surface area contributed by atoms with Crippen molar-refractivity contribution in [2.45, 2.75) is 39.2 Å². The second-order valence-corrected chi connectivity index (χ2v) is 5.22. The van der Waals surface area contributed by atoms with Gasteiger partial charge in [0.1, 0.15) is 17.5 Å². The zero-order valence-electron chi connectivity index (χ0n) is 12.3. The maximum atomic E-state index is 5.71. The molecular formula is C14H24N4O. The van der Waals surface area contributed by atoms with Crippen LogP contribution in [0.25, 0.3) is 0 Å². The van der Waals surface area contributed by atoms with Crippen LogP contribution in [-0.4, -0.2) is 42.8 Å². The minimum atomic E-state index is 0.309. The number of aromatic nitrogens is 2. The normalized spacial score (nSPS) is 19.8. The van der Waals surface area contributed by atoms with Crippen LogP contribution in [0.15, 0.2) is 6.07 Å². The fraction of sp³-hybridized carbons (Fsp3) is 0.714. The summed E-state index contributed by atoms with van der Waals surface area (Å²) in [6.07, 6.45) is 1.35. The summed E-state index contributed by atoms with van der Waals surface area (Å²) < 4.78 is 5.71. The van der Waals surface area contributed by atoms with Crippen molar-refractivity contribution in [3.05, 3.63) is 11.9 Å². The Balaban J connectivity index is 2.25. The van der Waals surface area contributed by atoms with E-state index >= 15 is 0 Å². The van der Waals surface area contributed by atoms with Gasteiger partial charge in [0.05, 0.1) is 12.7 Å². The van der Waals surface area contributed by atoms with E-state index in [4.69, 9.17) is 9.72 Å². The Bertz CT molecular complexity index is 422. The number of hydrogen-bond acceptors (Lipinski definition) is 5. The number of morpholine rings is 1. The van der Waals surface area contributed by atoms with Gasteiger partial charge in [0.15, 0.2) is 0 Å². The molecule has 0 bridgehead atoms. The molecule has 1 aliphatic rings. The van der Waals surface area contributed by atoms with Crippen LogP contribution < -0.4 is 10.2 Å². The largest absolute Gasteiger partial charge is 0.375 e. The number of ether oxygens (including phenoxy) is 1. The molecule has 0 aromatic carbocycles. The van der Waals surface area contributed by atoms with E-state index in [0.29, 0.717) is 12.0 Å². The monoisotopic (exact) mass is 264 g/mol. The minimum Gasteiger partial charge on any atom is -0.375 e. The van der Waals surface area contributed by atoms with Crippen molar-refractivity contribution >= 4 is 11.6 Å². The van der Waals surface area contributed by atoms with Crippen molar-refractivity contribution in [2.75, 3.05) is 37.0 Å². The molecule has 2 heterocycles. The number of rotatable bonds is 4. The SMILES string of the molecule is CCC1CN(c2cc(NC)nc(C(C)C)n2)CCO1. The topological polar surface area (TPSA) is 50.3 Å². The van der Waals surface area contributed by atoms with Gasteiger partial charge in [-0.25, -0.2) is 9.97 Å². The minimum absolute atomic E-state index is 0.309. The van der Waals surface area contributed by atoms with Gasteiger partial charge in [-0.1, -0.05) is 20.8 Å². The summed E-state index contributed by atoms with van der Waals surface area (Å²) in [5.74, 6) is 3.11. The highest BCUT2D eigenvalue weighted by atomic mass is 16.5. The molecule has 0 aliphatic carbocycles. The molecular weight excluding hydrogens is 240 g/mol. The lowest BCUT2D eigenvalue weighted by atomic mass is 10.2. The first-order valence-corrected chi connectivity index (χ1v) is 7.07. The highest BCUT2D eigenvalue weighted by Gasteiger charge is 2.21. The molecule has 1 aromatic rings. The van der Waals surface area contributed by atoms with E-state index in [1.807, 2.05) is 13.1 Å². The molecule has 5 heteroatoms. The highest BCUT2D eigenvalue weighted by molar-refractivity contribution is 5.49. The van der Waals surface area contributed by atoms with E-state index in [1.54, 1.807) is 0 Å². The van der Waals surface area contributed by atoms with E-state index in [2.05, 4.69) is 36.0 Å². The van der Waals surface area contributed by atoms with Gasteiger partial charge >= 0.3 is 0 Å². The van der Waals surface area contributed by atoms with Gasteiger partial charge in [-0.2, -0.15) is 0 Å². The van der Waals surface area contributed by atoms with Crippen molar-refractivity contribution < 1.29 is 4.74 Å². The zero-order valence-corrected chi connectivity index (χ0v) is 12.3. The second kappa shape index (κ2) is 6.19. The molecule has 19 heavy (non-hydrogen) atoms. The summed E-state index contributed by atoms with van der Waals surface area (Å²) in [6.45, 7) is 8.98. The van der Waals surface area contributed by atoms with E-state index in [1.165, 1.54) is 0 Å². The third-order valence-corrected chi connectivity index (χ3v) is 3.42. The van der Waals surface area contributed by atoms with Crippen LogP contribution in [-0.2, 0) is 4.74 Å². The third-order valence-electron chi connectivity index (χ3n) is 3.42. The number of anilines is 2. The standard InChI is InChI=1S/C14H24N4O/c1-5-11-9-18(6-7-19-11)13-8-12(15-4)16-14(17-13)10(2)3/h8,10-11H,5-7,9H2,1-4H3,(H,15,16,17). The third kappa shape index (κ3) is 3.35. The number of nitrogens with one attached hydrogen (secondary N) is 1. The first kappa shape index (κ1) is 14.1. The molecule has 5 nitrogen and oxygen atoms in total. The van der Waals surface area contributed by atoms with Crippen LogP contribution in [0.2, 0.25) is 0 Å². The molecule has 1 fully saturated rings. The molecule has 0 spiro atoms. The summed E-state index contributed by atoms with van der Waals surface area (Å²) >= 11 is 0. The predicted molar refractivity (Wildman–Crippen MR) is 77.9 cm³/mol. The molecule has 1 atom stereocenters. The lowest BCUT2D eigenvalue weighted by molar-refractivity contribution is 0.0381. The summed E-state index contributed by atoms with van der Waals surface area (Å²) in [4.78, 5) is 11.5. The lowest BCUT2D eigenvalue weighted by Gasteiger charge is -2.33.